The molecule has 7 heteroatoms. The van der Waals surface area contributed by atoms with Gasteiger partial charge in [-0.15, -0.1) is 0 Å². The van der Waals surface area contributed by atoms with Crippen molar-refractivity contribution in [2.75, 3.05) is 6.26 Å². The standard InChI is InChI=1S/C16H23NO5S/c1-11(2)17(12(3)4)16(19)15(22-23(5,20)21)14(18)13-9-7-6-8-10-13/h6-12,15H,1-5H3. The first-order chi connectivity index (χ1) is 10.5. The zero-order valence-corrected chi connectivity index (χ0v) is 14.8. The summed E-state index contributed by atoms with van der Waals surface area (Å²) in [4.78, 5) is 26.8. The van der Waals surface area contributed by atoms with E-state index in [1.54, 1.807) is 45.9 Å². The van der Waals surface area contributed by atoms with Crippen molar-refractivity contribution >= 4 is 21.8 Å². The lowest BCUT2D eigenvalue weighted by Crippen LogP contribution is -2.51. The molecule has 0 saturated carbocycles. The van der Waals surface area contributed by atoms with E-state index in [0.717, 1.165) is 6.26 Å². The van der Waals surface area contributed by atoms with Gasteiger partial charge in [0.1, 0.15) is 0 Å². The number of amides is 1. The van der Waals surface area contributed by atoms with Crippen LogP contribution in [0, 0.1) is 0 Å². The molecule has 0 aliphatic rings. The minimum atomic E-state index is -3.97. The van der Waals surface area contributed by atoms with Gasteiger partial charge in [0.05, 0.1) is 6.26 Å². The van der Waals surface area contributed by atoms with Gasteiger partial charge in [0.15, 0.2) is 0 Å². The Balaban J connectivity index is 3.25. The second-order valence-corrected chi connectivity index (χ2v) is 7.44. The number of Topliss-reactive ketones (excluding diaryl/α,β-unsaturated/α-hetero) is 1. The Kier molecular flexibility index (Phi) is 6.47. The highest BCUT2D eigenvalue weighted by Crippen LogP contribution is 2.15. The Morgan fingerprint density at radius 2 is 1.48 bits per heavy atom. The maximum Gasteiger partial charge on any atom is 0.265 e. The van der Waals surface area contributed by atoms with Crippen LogP contribution in [0.3, 0.4) is 0 Å². The van der Waals surface area contributed by atoms with Gasteiger partial charge in [-0.1, -0.05) is 30.3 Å². The molecule has 6 nitrogen and oxygen atoms in total. The highest BCUT2D eigenvalue weighted by atomic mass is 32.2. The number of carbonyl (C=O) groups excluding carboxylic acids is 2. The summed E-state index contributed by atoms with van der Waals surface area (Å²) in [6.07, 6.45) is -0.891. The zero-order valence-electron chi connectivity index (χ0n) is 14.0. The van der Waals surface area contributed by atoms with Gasteiger partial charge in [-0.3, -0.25) is 9.59 Å². The van der Waals surface area contributed by atoms with Crippen LogP contribution in [-0.4, -0.2) is 49.5 Å². The highest BCUT2D eigenvalue weighted by Gasteiger charge is 2.37. The van der Waals surface area contributed by atoms with E-state index in [0.29, 0.717) is 0 Å². The Hall–Kier alpha value is -1.73. The van der Waals surface area contributed by atoms with Gasteiger partial charge in [0.25, 0.3) is 16.0 Å². The molecule has 0 fully saturated rings. The van der Waals surface area contributed by atoms with Gasteiger partial charge in [-0.25, -0.2) is 4.18 Å². The SMILES string of the molecule is CC(C)N(C(=O)C(OS(C)(=O)=O)C(=O)c1ccccc1)C(C)C. The van der Waals surface area contributed by atoms with Crippen molar-refractivity contribution in [3.63, 3.8) is 0 Å². The van der Waals surface area contributed by atoms with Crippen LogP contribution in [-0.2, 0) is 19.1 Å². The monoisotopic (exact) mass is 341 g/mol. The third-order valence-corrected chi connectivity index (χ3v) is 3.70. The number of benzene rings is 1. The van der Waals surface area contributed by atoms with Crippen molar-refractivity contribution in [1.82, 2.24) is 4.90 Å². The predicted molar refractivity (Wildman–Crippen MR) is 87.6 cm³/mol. The van der Waals surface area contributed by atoms with E-state index in [1.807, 2.05) is 0 Å². The van der Waals surface area contributed by atoms with Crippen molar-refractivity contribution in [2.24, 2.45) is 0 Å². The summed E-state index contributed by atoms with van der Waals surface area (Å²) >= 11 is 0. The molecule has 1 aromatic rings. The minimum Gasteiger partial charge on any atom is -0.335 e. The number of nitrogens with zero attached hydrogens (tertiary/aromatic N) is 1. The van der Waals surface area contributed by atoms with Gasteiger partial charge in [0, 0.05) is 17.6 Å². The molecule has 1 amide bonds. The fourth-order valence-corrected chi connectivity index (χ4v) is 2.89. The van der Waals surface area contributed by atoms with Crippen molar-refractivity contribution in [3.05, 3.63) is 35.9 Å². The minimum absolute atomic E-state index is 0.197. The van der Waals surface area contributed by atoms with Gasteiger partial charge >= 0.3 is 0 Å². The highest BCUT2D eigenvalue weighted by molar-refractivity contribution is 7.86. The predicted octanol–water partition coefficient (Wildman–Crippen LogP) is 1.86. The average molecular weight is 341 g/mol. The van der Waals surface area contributed by atoms with Gasteiger partial charge in [-0.05, 0) is 27.7 Å². The van der Waals surface area contributed by atoms with Crippen LogP contribution in [0.2, 0.25) is 0 Å². The van der Waals surface area contributed by atoms with E-state index < -0.39 is 27.9 Å². The number of carbonyl (C=O) groups is 2. The number of ketones is 1. The lowest BCUT2D eigenvalue weighted by Gasteiger charge is -2.33. The first-order valence-corrected chi connectivity index (χ1v) is 9.16. The quantitative estimate of drug-likeness (QED) is 0.429. The topological polar surface area (TPSA) is 80.8 Å². The molecule has 0 saturated heterocycles. The van der Waals surface area contributed by atoms with E-state index in [9.17, 15) is 18.0 Å². The largest absolute Gasteiger partial charge is 0.335 e. The second-order valence-electron chi connectivity index (χ2n) is 5.84. The third kappa shape index (κ3) is 5.44. The Morgan fingerprint density at radius 1 is 1.00 bits per heavy atom. The number of hydrogen-bond acceptors (Lipinski definition) is 5. The molecule has 23 heavy (non-hydrogen) atoms. The molecular weight excluding hydrogens is 318 g/mol. The van der Waals surface area contributed by atoms with Crippen LogP contribution in [0.1, 0.15) is 38.1 Å². The van der Waals surface area contributed by atoms with Crippen molar-refractivity contribution in [2.45, 2.75) is 45.9 Å². The Bertz CT molecular complexity index is 644. The lowest BCUT2D eigenvalue weighted by atomic mass is 10.0. The summed E-state index contributed by atoms with van der Waals surface area (Å²) in [6, 6.07) is 7.63. The van der Waals surface area contributed by atoms with E-state index in [2.05, 4.69) is 0 Å². The molecule has 0 aliphatic carbocycles. The number of rotatable bonds is 7. The third-order valence-electron chi connectivity index (χ3n) is 3.16. The first kappa shape index (κ1) is 19.3. The second kappa shape index (κ2) is 7.70. The van der Waals surface area contributed by atoms with Crippen molar-refractivity contribution < 1.29 is 22.2 Å². The summed E-state index contributed by atoms with van der Waals surface area (Å²) in [5.74, 6) is -1.33. The van der Waals surface area contributed by atoms with Crippen LogP contribution < -0.4 is 0 Å². The van der Waals surface area contributed by atoms with Crippen LogP contribution in [0.5, 0.6) is 0 Å². The fourth-order valence-electron chi connectivity index (χ4n) is 2.37. The van der Waals surface area contributed by atoms with E-state index in [1.165, 1.54) is 17.0 Å². The molecule has 0 radical (unpaired) electrons. The van der Waals surface area contributed by atoms with Crippen LogP contribution in [0.4, 0.5) is 0 Å². The maximum absolute atomic E-state index is 12.7. The smallest absolute Gasteiger partial charge is 0.265 e. The molecule has 1 rings (SSSR count). The molecule has 1 aromatic carbocycles. The summed E-state index contributed by atoms with van der Waals surface area (Å²) in [5.41, 5.74) is 0.224. The summed E-state index contributed by atoms with van der Waals surface area (Å²) < 4.78 is 27.8. The molecule has 0 aromatic heterocycles. The molecule has 0 aliphatic heterocycles. The average Bonchev–Trinajstić information content (AvgIpc) is 2.43. The maximum atomic E-state index is 12.7. The molecule has 0 N–H and O–H groups in total. The van der Waals surface area contributed by atoms with Crippen molar-refractivity contribution in [3.8, 4) is 0 Å². The molecular formula is C16H23NO5S. The Morgan fingerprint density at radius 3 is 1.87 bits per heavy atom. The molecule has 128 valence electrons. The zero-order chi connectivity index (χ0) is 17.8. The lowest BCUT2D eigenvalue weighted by molar-refractivity contribution is -0.140. The summed E-state index contributed by atoms with van der Waals surface area (Å²) in [5, 5.41) is 0. The molecule has 1 unspecified atom stereocenters. The summed E-state index contributed by atoms with van der Waals surface area (Å²) in [6.45, 7) is 7.18. The molecule has 0 bridgehead atoms. The first-order valence-electron chi connectivity index (χ1n) is 7.34. The van der Waals surface area contributed by atoms with Crippen LogP contribution in [0.15, 0.2) is 30.3 Å². The van der Waals surface area contributed by atoms with Gasteiger partial charge < -0.3 is 4.90 Å². The van der Waals surface area contributed by atoms with Crippen LogP contribution in [0.25, 0.3) is 0 Å². The van der Waals surface area contributed by atoms with Crippen molar-refractivity contribution in [1.29, 1.82) is 0 Å². The summed E-state index contributed by atoms with van der Waals surface area (Å²) in [7, 11) is -3.97. The molecule has 0 spiro atoms. The number of hydrogen-bond donors (Lipinski definition) is 0. The van der Waals surface area contributed by atoms with Gasteiger partial charge in [0.2, 0.25) is 11.9 Å². The van der Waals surface area contributed by atoms with E-state index in [-0.39, 0.29) is 17.6 Å². The molecule has 1 atom stereocenters. The Labute approximate surface area is 137 Å². The van der Waals surface area contributed by atoms with E-state index >= 15 is 0 Å². The normalized spacial score (nSPS) is 13.2. The van der Waals surface area contributed by atoms with Crippen LogP contribution >= 0.6 is 0 Å². The van der Waals surface area contributed by atoms with E-state index in [4.69, 9.17) is 4.18 Å². The molecule has 0 heterocycles. The fraction of sp³-hybridized carbons (Fsp3) is 0.500. The van der Waals surface area contributed by atoms with Gasteiger partial charge in [-0.2, -0.15) is 8.42 Å².